The molecule has 212 valence electrons. The van der Waals surface area contributed by atoms with E-state index in [9.17, 15) is 9.59 Å². The summed E-state index contributed by atoms with van der Waals surface area (Å²) in [5.41, 5.74) is 2.91. The van der Waals surface area contributed by atoms with Crippen LogP contribution in [0.2, 0.25) is 10.0 Å². The minimum absolute atomic E-state index is 0.124. The molecule has 3 aromatic carbocycles. The first-order valence-electron chi connectivity index (χ1n) is 13.7. The fourth-order valence-electron chi connectivity index (χ4n) is 4.97. The number of hydrogen-bond donors (Lipinski definition) is 1. The summed E-state index contributed by atoms with van der Waals surface area (Å²) in [7, 11) is 0. The largest absolute Gasteiger partial charge is 0.483 e. The molecule has 2 amide bonds. The highest BCUT2D eigenvalue weighted by Crippen LogP contribution is 2.29. The molecule has 1 atom stereocenters. The van der Waals surface area contributed by atoms with Gasteiger partial charge >= 0.3 is 0 Å². The number of benzene rings is 3. The molecule has 40 heavy (non-hydrogen) atoms. The van der Waals surface area contributed by atoms with Gasteiger partial charge < -0.3 is 15.0 Å². The van der Waals surface area contributed by atoms with Crippen LogP contribution >= 0.6 is 39.1 Å². The van der Waals surface area contributed by atoms with E-state index >= 15 is 0 Å². The van der Waals surface area contributed by atoms with Crippen molar-refractivity contribution in [3.8, 4) is 5.75 Å². The van der Waals surface area contributed by atoms with Gasteiger partial charge in [0, 0.05) is 19.0 Å². The average Bonchev–Trinajstić information content (AvgIpc) is 3.45. The Hall–Kier alpha value is -2.54. The molecule has 1 aliphatic carbocycles. The van der Waals surface area contributed by atoms with Crippen molar-refractivity contribution in [3.05, 3.63) is 97.9 Å². The number of halogens is 3. The molecule has 0 unspecified atom stereocenters. The zero-order valence-electron chi connectivity index (χ0n) is 22.8. The van der Waals surface area contributed by atoms with Crippen LogP contribution < -0.4 is 10.1 Å². The Bertz CT molecular complexity index is 1310. The number of hydrogen-bond acceptors (Lipinski definition) is 3. The quantitative estimate of drug-likeness (QED) is 0.230. The molecular weight excluding hydrogens is 611 g/mol. The maximum Gasteiger partial charge on any atom is 0.261 e. The molecule has 1 fully saturated rings. The Morgan fingerprint density at radius 2 is 1.70 bits per heavy atom. The van der Waals surface area contributed by atoms with E-state index in [-0.39, 0.29) is 31.0 Å². The van der Waals surface area contributed by atoms with E-state index in [4.69, 9.17) is 27.9 Å². The van der Waals surface area contributed by atoms with E-state index in [1.165, 1.54) is 5.56 Å². The third-order valence-corrected chi connectivity index (χ3v) is 8.64. The van der Waals surface area contributed by atoms with Crippen molar-refractivity contribution in [1.82, 2.24) is 10.2 Å². The summed E-state index contributed by atoms with van der Waals surface area (Å²) in [6, 6.07) is 20.3. The van der Waals surface area contributed by atoms with Crippen molar-refractivity contribution in [2.24, 2.45) is 0 Å². The van der Waals surface area contributed by atoms with Gasteiger partial charge in [-0.05, 0) is 75.6 Å². The van der Waals surface area contributed by atoms with E-state index in [2.05, 4.69) is 35.1 Å². The molecule has 1 N–H and O–H groups in total. The third-order valence-electron chi connectivity index (χ3n) is 7.28. The lowest BCUT2D eigenvalue weighted by molar-refractivity contribution is -0.143. The summed E-state index contributed by atoms with van der Waals surface area (Å²) in [5, 5.41) is 4.04. The third kappa shape index (κ3) is 8.25. The van der Waals surface area contributed by atoms with E-state index in [0.29, 0.717) is 28.1 Å². The number of nitrogens with zero attached hydrogens (tertiary/aromatic N) is 1. The fourth-order valence-corrected chi connectivity index (χ4v) is 5.80. The molecule has 0 heterocycles. The van der Waals surface area contributed by atoms with Gasteiger partial charge in [0.1, 0.15) is 11.8 Å². The molecule has 0 bridgehead atoms. The van der Waals surface area contributed by atoms with Crippen molar-refractivity contribution in [1.29, 1.82) is 0 Å². The van der Waals surface area contributed by atoms with E-state index in [1.807, 2.05) is 54.6 Å². The standard InChI is InChI=1S/C32H35BrCl2N2O3/c1-21(2)24-13-15-30(26(33)18-24)40-20-31(38)37(19-23-12-14-27(34)28(35)16-23)29(17-22-8-4-3-5-9-22)32(39)36-25-10-6-7-11-25/h3-5,8-9,12-16,18,21,25,29H,6-7,10-11,17,19-20H2,1-2H3,(H,36,39)/t29-/m0/s1. The molecule has 0 radical (unpaired) electrons. The second kappa shape index (κ2) is 14.4. The number of rotatable bonds is 11. The van der Waals surface area contributed by atoms with Gasteiger partial charge in [-0.15, -0.1) is 0 Å². The molecule has 8 heteroatoms. The summed E-state index contributed by atoms with van der Waals surface area (Å²) < 4.78 is 6.77. The highest BCUT2D eigenvalue weighted by molar-refractivity contribution is 9.10. The summed E-state index contributed by atoms with van der Waals surface area (Å²) in [6.45, 7) is 4.21. The fraction of sp³-hybridized carbons (Fsp3) is 0.375. The monoisotopic (exact) mass is 644 g/mol. The van der Waals surface area contributed by atoms with Crippen LogP contribution in [0.1, 0.15) is 62.1 Å². The minimum atomic E-state index is -0.736. The number of amides is 2. The smallest absolute Gasteiger partial charge is 0.261 e. The Balaban J connectivity index is 1.62. The summed E-state index contributed by atoms with van der Waals surface area (Å²) >= 11 is 16.0. The van der Waals surface area contributed by atoms with Gasteiger partial charge in [0.25, 0.3) is 5.91 Å². The van der Waals surface area contributed by atoms with Gasteiger partial charge in [0.05, 0.1) is 14.5 Å². The van der Waals surface area contributed by atoms with Gasteiger partial charge in [0.15, 0.2) is 6.61 Å². The summed E-state index contributed by atoms with van der Waals surface area (Å²) in [6.07, 6.45) is 4.47. The van der Waals surface area contributed by atoms with Gasteiger partial charge in [0.2, 0.25) is 5.91 Å². The van der Waals surface area contributed by atoms with Crippen molar-refractivity contribution >= 4 is 50.9 Å². The molecular formula is C32H35BrCl2N2O3. The minimum Gasteiger partial charge on any atom is -0.483 e. The Kier molecular flexibility index (Phi) is 10.9. The number of ether oxygens (including phenoxy) is 1. The molecule has 0 saturated heterocycles. The molecule has 1 aliphatic rings. The van der Waals surface area contributed by atoms with Crippen LogP contribution in [-0.2, 0) is 22.6 Å². The van der Waals surface area contributed by atoms with Crippen molar-refractivity contribution in [2.75, 3.05) is 6.61 Å². The second-order valence-electron chi connectivity index (χ2n) is 10.6. The second-order valence-corrected chi connectivity index (χ2v) is 12.3. The highest BCUT2D eigenvalue weighted by Gasteiger charge is 2.32. The lowest BCUT2D eigenvalue weighted by atomic mass is 10.0. The molecule has 3 aromatic rings. The van der Waals surface area contributed by atoms with Crippen LogP contribution in [0.3, 0.4) is 0 Å². The zero-order valence-corrected chi connectivity index (χ0v) is 25.9. The first-order valence-corrected chi connectivity index (χ1v) is 15.3. The van der Waals surface area contributed by atoms with Crippen LogP contribution in [0, 0.1) is 0 Å². The molecule has 0 aromatic heterocycles. The summed E-state index contributed by atoms with van der Waals surface area (Å²) in [4.78, 5) is 29.3. The first-order chi connectivity index (χ1) is 19.2. The van der Waals surface area contributed by atoms with Gasteiger partial charge in [-0.25, -0.2) is 0 Å². The zero-order chi connectivity index (χ0) is 28.6. The molecule has 5 nitrogen and oxygen atoms in total. The van der Waals surface area contributed by atoms with Crippen LogP contribution in [0.25, 0.3) is 0 Å². The molecule has 0 aliphatic heterocycles. The van der Waals surface area contributed by atoms with Gasteiger partial charge in [-0.2, -0.15) is 0 Å². The predicted octanol–water partition coefficient (Wildman–Crippen LogP) is 7.96. The van der Waals surface area contributed by atoms with Crippen molar-refractivity contribution in [3.63, 3.8) is 0 Å². The number of carbonyl (C=O) groups is 2. The Morgan fingerprint density at radius 3 is 2.35 bits per heavy atom. The van der Waals surface area contributed by atoms with Gasteiger partial charge in [-0.3, -0.25) is 9.59 Å². The lowest BCUT2D eigenvalue weighted by Crippen LogP contribution is -2.53. The maximum absolute atomic E-state index is 13.9. The molecule has 4 rings (SSSR count). The van der Waals surface area contributed by atoms with Crippen molar-refractivity contribution in [2.45, 2.75) is 70.5 Å². The van der Waals surface area contributed by atoms with Crippen LogP contribution in [-0.4, -0.2) is 35.4 Å². The first kappa shape index (κ1) is 30.4. The summed E-state index contributed by atoms with van der Waals surface area (Å²) in [5.74, 6) is 0.480. The van der Waals surface area contributed by atoms with Gasteiger partial charge in [-0.1, -0.05) is 92.4 Å². The number of carbonyl (C=O) groups excluding carboxylic acids is 2. The Labute approximate surface area is 255 Å². The maximum atomic E-state index is 13.9. The van der Waals surface area contributed by atoms with Crippen LogP contribution in [0.5, 0.6) is 5.75 Å². The number of nitrogens with one attached hydrogen (secondary N) is 1. The SMILES string of the molecule is CC(C)c1ccc(OCC(=O)N(Cc2ccc(Cl)c(Cl)c2)[C@@H](Cc2ccccc2)C(=O)NC2CCCC2)c(Br)c1. The molecule has 1 saturated carbocycles. The van der Waals surface area contributed by atoms with Crippen molar-refractivity contribution < 1.29 is 14.3 Å². The lowest BCUT2D eigenvalue weighted by Gasteiger charge is -2.32. The van der Waals surface area contributed by atoms with E-state index in [0.717, 1.165) is 41.3 Å². The Morgan fingerprint density at radius 1 is 0.975 bits per heavy atom. The predicted molar refractivity (Wildman–Crippen MR) is 165 cm³/mol. The molecule has 0 spiro atoms. The average molecular weight is 646 g/mol. The van der Waals surface area contributed by atoms with E-state index < -0.39 is 6.04 Å². The van der Waals surface area contributed by atoms with E-state index in [1.54, 1.807) is 17.0 Å². The van der Waals surface area contributed by atoms with Crippen LogP contribution in [0.4, 0.5) is 0 Å². The topological polar surface area (TPSA) is 58.6 Å². The normalized spacial score (nSPS) is 14.2. The highest BCUT2D eigenvalue weighted by atomic mass is 79.9. The van der Waals surface area contributed by atoms with Crippen LogP contribution in [0.15, 0.2) is 71.2 Å².